The molecule has 0 saturated carbocycles. The number of amides is 1. The first-order chi connectivity index (χ1) is 10.2. The van der Waals surface area contributed by atoms with Crippen LogP contribution in [0.3, 0.4) is 0 Å². The van der Waals surface area contributed by atoms with Crippen molar-refractivity contribution in [3.63, 3.8) is 0 Å². The Balaban J connectivity index is 1.94. The van der Waals surface area contributed by atoms with E-state index in [9.17, 15) is 9.59 Å². The van der Waals surface area contributed by atoms with Gasteiger partial charge in [-0.3, -0.25) is 14.7 Å². The number of carbonyl (C=O) groups is 2. The summed E-state index contributed by atoms with van der Waals surface area (Å²) in [5.41, 5.74) is 1.86. The maximum atomic E-state index is 12.1. The van der Waals surface area contributed by atoms with E-state index < -0.39 is 5.97 Å². The second-order valence-corrected chi connectivity index (χ2v) is 5.63. The van der Waals surface area contributed by atoms with Crippen LogP contribution >= 0.6 is 11.8 Å². The lowest BCUT2D eigenvalue weighted by atomic mass is 10.1. The molecular weight excluding hydrogens is 288 g/mol. The number of benzene rings is 1. The molecule has 1 fully saturated rings. The van der Waals surface area contributed by atoms with Crippen molar-refractivity contribution in [1.82, 2.24) is 4.98 Å². The minimum absolute atomic E-state index is 0.0110. The third kappa shape index (κ3) is 2.62. The number of hydrogen-bond acceptors (Lipinski definition) is 4. The summed E-state index contributed by atoms with van der Waals surface area (Å²) < 4.78 is 0. The number of aromatic carboxylic acids is 1. The topological polar surface area (TPSA) is 70.5 Å². The van der Waals surface area contributed by atoms with E-state index in [0.29, 0.717) is 11.4 Å². The van der Waals surface area contributed by atoms with E-state index in [-0.39, 0.29) is 16.8 Å². The molecule has 0 radical (unpaired) electrons. The van der Waals surface area contributed by atoms with Gasteiger partial charge in [-0.25, -0.2) is 4.79 Å². The average Bonchev–Trinajstić information content (AvgIpc) is 2.90. The highest BCUT2D eigenvalue weighted by Gasteiger charge is 2.34. The molecule has 1 atom stereocenters. The maximum absolute atomic E-state index is 12.1. The van der Waals surface area contributed by atoms with Crippen molar-refractivity contribution < 1.29 is 14.7 Å². The highest BCUT2D eigenvalue weighted by molar-refractivity contribution is 8.00. The number of carboxylic acids is 1. The molecule has 21 heavy (non-hydrogen) atoms. The van der Waals surface area contributed by atoms with Crippen LogP contribution in [-0.2, 0) is 4.79 Å². The lowest BCUT2D eigenvalue weighted by Gasteiger charge is -2.24. The number of aromatic nitrogens is 1. The summed E-state index contributed by atoms with van der Waals surface area (Å²) in [6.07, 6.45) is 3.44. The first-order valence-electron chi connectivity index (χ1n) is 6.34. The van der Waals surface area contributed by atoms with Gasteiger partial charge in [0, 0.05) is 23.6 Å². The number of carbonyl (C=O) groups excluding carboxylic acids is 1. The molecule has 2 heterocycles. The molecule has 1 aromatic carbocycles. The van der Waals surface area contributed by atoms with Crippen molar-refractivity contribution in [3.05, 3.63) is 59.9 Å². The summed E-state index contributed by atoms with van der Waals surface area (Å²) in [4.78, 5) is 28.8. The van der Waals surface area contributed by atoms with Gasteiger partial charge in [-0.05, 0) is 30.3 Å². The van der Waals surface area contributed by atoms with Crippen molar-refractivity contribution in [2.45, 2.75) is 5.37 Å². The van der Waals surface area contributed by atoms with E-state index in [1.807, 2.05) is 12.1 Å². The van der Waals surface area contributed by atoms with Gasteiger partial charge in [0.1, 0.15) is 5.37 Å². The molecule has 1 amide bonds. The fourth-order valence-corrected chi connectivity index (χ4v) is 3.40. The largest absolute Gasteiger partial charge is 0.478 e. The van der Waals surface area contributed by atoms with Crippen molar-refractivity contribution in [3.8, 4) is 0 Å². The number of thioether (sulfide) groups is 1. The van der Waals surface area contributed by atoms with E-state index in [2.05, 4.69) is 4.98 Å². The Morgan fingerprint density at radius 2 is 2.05 bits per heavy atom. The van der Waals surface area contributed by atoms with Gasteiger partial charge in [0.05, 0.1) is 11.3 Å². The average molecular weight is 300 g/mol. The highest BCUT2D eigenvalue weighted by Crippen LogP contribution is 2.41. The first kappa shape index (κ1) is 13.6. The third-order valence-electron chi connectivity index (χ3n) is 3.23. The molecule has 1 unspecified atom stereocenters. The van der Waals surface area contributed by atoms with Crippen molar-refractivity contribution in [2.24, 2.45) is 0 Å². The maximum Gasteiger partial charge on any atom is 0.335 e. The van der Waals surface area contributed by atoms with Crippen LogP contribution in [0.15, 0.2) is 48.8 Å². The Kier molecular flexibility index (Phi) is 3.62. The molecular formula is C15H12N2O3S. The zero-order valence-electron chi connectivity index (χ0n) is 11.0. The van der Waals surface area contributed by atoms with Crippen LogP contribution in [0.1, 0.15) is 21.3 Å². The summed E-state index contributed by atoms with van der Waals surface area (Å²) in [5.74, 6) is -0.565. The molecule has 0 spiro atoms. The van der Waals surface area contributed by atoms with Gasteiger partial charge >= 0.3 is 5.97 Å². The Bertz CT molecular complexity index is 673. The Morgan fingerprint density at radius 3 is 2.67 bits per heavy atom. The molecule has 6 heteroatoms. The van der Waals surface area contributed by atoms with Gasteiger partial charge in [-0.15, -0.1) is 11.8 Å². The SMILES string of the molecule is O=C(O)c1ccc(N2C(=O)CSC2c2cccnc2)cc1. The van der Waals surface area contributed by atoms with Crippen molar-refractivity contribution in [2.75, 3.05) is 10.7 Å². The Hall–Kier alpha value is -2.34. The second kappa shape index (κ2) is 5.57. The summed E-state index contributed by atoms with van der Waals surface area (Å²) in [5, 5.41) is 8.81. The van der Waals surface area contributed by atoms with Gasteiger partial charge in [-0.1, -0.05) is 6.07 Å². The number of nitrogens with zero attached hydrogens (tertiary/aromatic N) is 2. The number of hydrogen-bond donors (Lipinski definition) is 1. The van der Waals surface area contributed by atoms with Crippen LogP contribution in [-0.4, -0.2) is 27.7 Å². The zero-order valence-corrected chi connectivity index (χ0v) is 11.8. The van der Waals surface area contributed by atoms with Gasteiger partial charge in [0.25, 0.3) is 0 Å². The quantitative estimate of drug-likeness (QED) is 0.943. The van der Waals surface area contributed by atoms with Gasteiger partial charge in [0.15, 0.2) is 0 Å². The Labute approximate surface area is 125 Å². The molecule has 3 rings (SSSR count). The van der Waals surface area contributed by atoms with Crippen LogP contribution in [0.25, 0.3) is 0 Å². The molecule has 1 N–H and O–H groups in total. The fraction of sp³-hybridized carbons (Fsp3) is 0.133. The predicted octanol–water partition coefficient (Wildman–Crippen LogP) is 2.56. The van der Waals surface area contributed by atoms with Gasteiger partial charge < -0.3 is 5.11 Å². The van der Waals surface area contributed by atoms with E-state index in [1.165, 1.54) is 23.9 Å². The summed E-state index contributed by atoms with van der Waals surface area (Å²) in [6, 6.07) is 10.1. The molecule has 1 aliphatic heterocycles. The van der Waals surface area contributed by atoms with E-state index in [4.69, 9.17) is 5.11 Å². The lowest BCUT2D eigenvalue weighted by Crippen LogP contribution is -2.27. The van der Waals surface area contributed by atoms with Crippen LogP contribution in [0, 0.1) is 0 Å². The standard InChI is InChI=1S/C15H12N2O3S/c18-13-9-21-14(11-2-1-7-16-8-11)17(13)12-5-3-10(4-6-12)15(19)20/h1-8,14H,9H2,(H,19,20). The summed E-state index contributed by atoms with van der Waals surface area (Å²) >= 11 is 1.54. The molecule has 1 aromatic heterocycles. The molecule has 0 aliphatic carbocycles. The highest BCUT2D eigenvalue weighted by atomic mass is 32.2. The lowest BCUT2D eigenvalue weighted by molar-refractivity contribution is -0.115. The molecule has 106 valence electrons. The molecule has 5 nitrogen and oxygen atoms in total. The van der Waals surface area contributed by atoms with E-state index in [0.717, 1.165) is 5.56 Å². The number of carboxylic acid groups (broad SMARTS) is 1. The number of anilines is 1. The number of rotatable bonds is 3. The predicted molar refractivity (Wildman–Crippen MR) is 80.3 cm³/mol. The van der Waals surface area contributed by atoms with Gasteiger partial charge in [-0.2, -0.15) is 0 Å². The third-order valence-corrected chi connectivity index (χ3v) is 4.44. The number of pyridine rings is 1. The van der Waals surface area contributed by atoms with Crippen LogP contribution in [0.5, 0.6) is 0 Å². The Morgan fingerprint density at radius 1 is 1.29 bits per heavy atom. The van der Waals surface area contributed by atoms with Crippen LogP contribution in [0.2, 0.25) is 0 Å². The normalized spacial score (nSPS) is 18.0. The molecule has 1 saturated heterocycles. The van der Waals surface area contributed by atoms with Crippen LogP contribution in [0.4, 0.5) is 5.69 Å². The second-order valence-electron chi connectivity index (χ2n) is 4.57. The molecule has 1 aliphatic rings. The summed E-state index contributed by atoms with van der Waals surface area (Å²) in [7, 11) is 0. The molecule has 0 bridgehead atoms. The smallest absolute Gasteiger partial charge is 0.335 e. The fourth-order valence-electron chi connectivity index (χ4n) is 2.24. The molecule has 2 aromatic rings. The van der Waals surface area contributed by atoms with Gasteiger partial charge in [0.2, 0.25) is 5.91 Å². The van der Waals surface area contributed by atoms with Crippen molar-refractivity contribution >= 4 is 29.3 Å². The summed E-state index contributed by atoms with van der Waals surface area (Å²) in [6.45, 7) is 0. The van der Waals surface area contributed by atoms with E-state index >= 15 is 0 Å². The monoisotopic (exact) mass is 300 g/mol. The van der Waals surface area contributed by atoms with E-state index in [1.54, 1.807) is 29.4 Å². The first-order valence-corrected chi connectivity index (χ1v) is 7.38. The zero-order chi connectivity index (χ0) is 14.8. The van der Waals surface area contributed by atoms with Crippen molar-refractivity contribution in [1.29, 1.82) is 0 Å². The minimum Gasteiger partial charge on any atom is -0.478 e. The minimum atomic E-state index is -0.979. The van der Waals surface area contributed by atoms with Crippen LogP contribution < -0.4 is 4.90 Å².